The predicted molar refractivity (Wildman–Crippen MR) is 110 cm³/mol. The number of rotatable bonds is 10. The van der Waals surface area contributed by atoms with Gasteiger partial charge in [0.1, 0.15) is 48.8 Å². The molecule has 2 saturated heterocycles. The van der Waals surface area contributed by atoms with Gasteiger partial charge in [-0.3, -0.25) is 0 Å². The van der Waals surface area contributed by atoms with Gasteiger partial charge in [0.2, 0.25) is 0 Å². The molecule has 2 heterocycles. The average Bonchev–Trinajstić information content (AvgIpc) is 2.72. The van der Waals surface area contributed by atoms with Crippen LogP contribution >= 0.6 is 0 Å². The van der Waals surface area contributed by atoms with Crippen molar-refractivity contribution in [2.75, 3.05) is 13.2 Å². The molecule has 0 saturated carbocycles. The molecule has 11 nitrogen and oxygen atoms in total. The van der Waals surface area contributed by atoms with E-state index in [1.807, 2.05) is 27.7 Å². The van der Waals surface area contributed by atoms with Crippen LogP contribution in [0.1, 0.15) is 40.5 Å². The molecule has 10 atom stereocenters. The Balaban J connectivity index is 2.11. The zero-order chi connectivity index (χ0) is 24.2. The topological polar surface area (TPSA) is 179 Å². The highest BCUT2D eigenvalue weighted by Gasteiger charge is 2.51. The van der Waals surface area contributed by atoms with Crippen LogP contribution in [-0.2, 0) is 18.9 Å². The van der Waals surface area contributed by atoms with Gasteiger partial charge in [-0.1, -0.05) is 27.7 Å². The Bertz CT molecular complexity index is 534. The van der Waals surface area contributed by atoms with Gasteiger partial charge in [-0.25, -0.2) is 0 Å². The minimum absolute atomic E-state index is 0.232. The fourth-order valence-electron chi connectivity index (χ4n) is 4.12. The number of aliphatic hydroxyl groups excluding tert-OH is 7. The van der Waals surface area contributed by atoms with Crippen molar-refractivity contribution in [3.63, 3.8) is 0 Å². The van der Waals surface area contributed by atoms with Crippen LogP contribution in [0, 0.1) is 11.8 Å². The Morgan fingerprint density at radius 2 is 1.16 bits per heavy atom. The second kappa shape index (κ2) is 12.3. The molecule has 2 aliphatic heterocycles. The van der Waals surface area contributed by atoms with E-state index in [-0.39, 0.29) is 6.10 Å². The van der Waals surface area contributed by atoms with Crippen LogP contribution in [0.4, 0.5) is 0 Å². The molecule has 0 aromatic rings. The van der Waals surface area contributed by atoms with Crippen molar-refractivity contribution in [3.05, 3.63) is 0 Å². The molecular formula is C21H40O11. The summed E-state index contributed by atoms with van der Waals surface area (Å²) in [7, 11) is 0. The normalized spacial score (nSPS) is 41.1. The van der Waals surface area contributed by atoms with Gasteiger partial charge in [-0.15, -0.1) is 0 Å². The van der Waals surface area contributed by atoms with Crippen LogP contribution in [0.15, 0.2) is 0 Å². The van der Waals surface area contributed by atoms with E-state index in [1.165, 1.54) is 0 Å². The summed E-state index contributed by atoms with van der Waals surface area (Å²) in [5, 5.41) is 70.5. The molecule has 0 aromatic carbocycles. The maximum absolute atomic E-state index is 10.7. The standard InChI is InChI=1S/C21H40O11/c1-9(2)5-11(6-10(3)4)29-20-18(28)16(26)19(13(8-23)31-20)32-21-17(27)15(25)14(24)12(7-22)30-21/h9-28H,5-8H2,1-4H3/t12?,13?,14-,15?,16?,17?,18?,19-,20-,21-/m1/s1. The highest BCUT2D eigenvalue weighted by Crippen LogP contribution is 2.31. The number of aliphatic hydroxyl groups is 7. The first-order valence-electron chi connectivity index (χ1n) is 11.2. The highest BCUT2D eigenvalue weighted by atomic mass is 16.7. The van der Waals surface area contributed by atoms with E-state index in [0.717, 1.165) is 12.8 Å². The van der Waals surface area contributed by atoms with Crippen molar-refractivity contribution in [1.82, 2.24) is 0 Å². The lowest BCUT2D eigenvalue weighted by Crippen LogP contribution is -2.65. The largest absolute Gasteiger partial charge is 0.394 e. The molecule has 190 valence electrons. The summed E-state index contributed by atoms with van der Waals surface area (Å²) in [6.45, 7) is 6.94. The summed E-state index contributed by atoms with van der Waals surface area (Å²) in [4.78, 5) is 0. The van der Waals surface area contributed by atoms with Crippen molar-refractivity contribution in [2.45, 2.75) is 108 Å². The van der Waals surface area contributed by atoms with Crippen LogP contribution in [-0.4, -0.2) is 116 Å². The van der Waals surface area contributed by atoms with Gasteiger partial charge >= 0.3 is 0 Å². The fraction of sp³-hybridized carbons (Fsp3) is 1.00. The second-order valence-corrected chi connectivity index (χ2v) is 9.52. The molecule has 2 aliphatic rings. The Morgan fingerprint density at radius 3 is 1.66 bits per heavy atom. The Hall–Kier alpha value is -0.440. The Kier molecular flexibility index (Phi) is 10.7. The van der Waals surface area contributed by atoms with Crippen LogP contribution in [0.25, 0.3) is 0 Å². The third-order valence-corrected chi connectivity index (χ3v) is 5.76. The molecule has 0 aromatic heterocycles. The summed E-state index contributed by atoms with van der Waals surface area (Å²) in [6.07, 6.45) is -13.3. The van der Waals surface area contributed by atoms with Gasteiger partial charge < -0.3 is 54.7 Å². The van der Waals surface area contributed by atoms with Gasteiger partial charge in [0.25, 0.3) is 0 Å². The lowest BCUT2D eigenvalue weighted by Gasteiger charge is -2.46. The highest BCUT2D eigenvalue weighted by molar-refractivity contribution is 4.94. The zero-order valence-corrected chi connectivity index (χ0v) is 19.1. The molecule has 11 heteroatoms. The van der Waals surface area contributed by atoms with Gasteiger partial charge in [-0.2, -0.15) is 0 Å². The molecule has 6 unspecified atom stereocenters. The third kappa shape index (κ3) is 6.80. The summed E-state index contributed by atoms with van der Waals surface area (Å²) < 4.78 is 22.5. The van der Waals surface area contributed by atoms with E-state index >= 15 is 0 Å². The fourth-order valence-corrected chi connectivity index (χ4v) is 4.12. The van der Waals surface area contributed by atoms with E-state index in [0.29, 0.717) is 11.8 Å². The van der Waals surface area contributed by atoms with Crippen molar-refractivity contribution in [2.24, 2.45) is 11.8 Å². The molecule has 2 rings (SSSR count). The van der Waals surface area contributed by atoms with Crippen molar-refractivity contribution in [3.8, 4) is 0 Å². The molecule has 7 N–H and O–H groups in total. The molecular weight excluding hydrogens is 428 g/mol. The maximum Gasteiger partial charge on any atom is 0.187 e. The van der Waals surface area contributed by atoms with Gasteiger partial charge in [0.15, 0.2) is 12.6 Å². The summed E-state index contributed by atoms with van der Waals surface area (Å²) in [5.41, 5.74) is 0. The van der Waals surface area contributed by atoms with E-state index in [9.17, 15) is 35.7 Å². The van der Waals surface area contributed by atoms with Crippen LogP contribution < -0.4 is 0 Å². The van der Waals surface area contributed by atoms with Gasteiger partial charge in [0.05, 0.1) is 19.3 Å². The molecule has 2 fully saturated rings. The number of hydrogen-bond acceptors (Lipinski definition) is 11. The summed E-state index contributed by atoms with van der Waals surface area (Å²) in [6, 6.07) is 0. The molecule has 0 spiro atoms. The van der Waals surface area contributed by atoms with Crippen molar-refractivity contribution < 1.29 is 54.7 Å². The number of hydrogen-bond donors (Lipinski definition) is 7. The molecule has 0 bridgehead atoms. The average molecular weight is 469 g/mol. The quantitative estimate of drug-likeness (QED) is 0.190. The minimum atomic E-state index is -1.70. The van der Waals surface area contributed by atoms with Crippen LogP contribution in [0.3, 0.4) is 0 Å². The van der Waals surface area contributed by atoms with Crippen LogP contribution in [0.5, 0.6) is 0 Å². The molecule has 0 aliphatic carbocycles. The SMILES string of the molecule is CC(C)CC(CC(C)C)O[C@@H]1OC(CO)[C@@H](O[C@H]2OC(CO)[C@@H](O)C(O)C2O)C(O)C1O. The Morgan fingerprint density at radius 1 is 0.656 bits per heavy atom. The molecule has 0 radical (unpaired) electrons. The summed E-state index contributed by atoms with van der Waals surface area (Å²) in [5.74, 6) is 0.667. The van der Waals surface area contributed by atoms with E-state index in [4.69, 9.17) is 18.9 Å². The van der Waals surface area contributed by atoms with Gasteiger partial charge in [0, 0.05) is 0 Å². The molecule has 0 amide bonds. The summed E-state index contributed by atoms with van der Waals surface area (Å²) >= 11 is 0. The minimum Gasteiger partial charge on any atom is -0.394 e. The lowest BCUT2D eigenvalue weighted by atomic mass is 9.96. The molecule has 32 heavy (non-hydrogen) atoms. The first-order valence-corrected chi connectivity index (χ1v) is 11.2. The van der Waals surface area contributed by atoms with E-state index < -0.39 is 74.6 Å². The monoisotopic (exact) mass is 468 g/mol. The van der Waals surface area contributed by atoms with Gasteiger partial charge in [-0.05, 0) is 24.7 Å². The van der Waals surface area contributed by atoms with Crippen molar-refractivity contribution >= 4 is 0 Å². The van der Waals surface area contributed by atoms with Crippen LogP contribution in [0.2, 0.25) is 0 Å². The zero-order valence-electron chi connectivity index (χ0n) is 19.1. The first kappa shape index (κ1) is 27.8. The first-order chi connectivity index (χ1) is 15.0. The maximum atomic E-state index is 10.7. The number of ether oxygens (including phenoxy) is 4. The van der Waals surface area contributed by atoms with E-state index in [1.54, 1.807) is 0 Å². The predicted octanol–water partition coefficient (Wildman–Crippen LogP) is -1.91. The third-order valence-electron chi connectivity index (χ3n) is 5.76. The second-order valence-electron chi connectivity index (χ2n) is 9.52. The lowest BCUT2D eigenvalue weighted by molar-refractivity contribution is -0.363. The smallest absolute Gasteiger partial charge is 0.187 e. The van der Waals surface area contributed by atoms with Crippen molar-refractivity contribution in [1.29, 1.82) is 0 Å². The Labute approximate surface area is 188 Å². The van der Waals surface area contributed by atoms with E-state index in [2.05, 4.69) is 0 Å².